The largest absolute Gasteiger partial charge is 0.0738 e. The van der Waals surface area contributed by atoms with Crippen molar-refractivity contribution in [1.29, 1.82) is 0 Å². The molecule has 0 atom stereocenters. The molecule has 0 N–H and O–H groups in total. The Bertz CT molecular complexity index is 79.8. The van der Waals surface area contributed by atoms with Gasteiger partial charge in [-0.1, -0.05) is 18.7 Å². The average Bonchev–Trinajstić information content (AvgIpc) is 1.69. The van der Waals surface area contributed by atoms with Crippen molar-refractivity contribution in [3.63, 3.8) is 0 Å². The summed E-state index contributed by atoms with van der Waals surface area (Å²) in [5.74, 6) is 1.08. The van der Waals surface area contributed by atoms with Crippen molar-refractivity contribution in [3.05, 3.63) is 0 Å². The highest BCUT2D eigenvalue weighted by molar-refractivity contribution is 8.03. The third kappa shape index (κ3) is 6.20. The molecule has 7 heavy (non-hydrogen) atoms. The Balaban J connectivity index is 2.78. The molecule has 0 rings (SSSR count). The monoisotopic (exact) mass is 134 g/mol. The van der Waals surface area contributed by atoms with E-state index in [0.717, 1.165) is 12.2 Å². The minimum atomic E-state index is 1.08. The van der Waals surface area contributed by atoms with Gasteiger partial charge in [-0.3, -0.25) is 0 Å². The Kier molecular flexibility index (Phi) is 6.38. The zero-order chi connectivity index (χ0) is 5.54. The normalized spacial score (nSPS) is 7.14. The van der Waals surface area contributed by atoms with E-state index in [9.17, 15) is 0 Å². The summed E-state index contributed by atoms with van der Waals surface area (Å²) in [5, 5.41) is 4.97. The highest BCUT2D eigenvalue weighted by Gasteiger charge is 1.73. The van der Waals surface area contributed by atoms with E-state index in [1.165, 1.54) is 0 Å². The van der Waals surface area contributed by atoms with E-state index in [2.05, 4.69) is 17.6 Å². The Morgan fingerprint density at radius 1 is 1.71 bits per heavy atom. The molecule has 0 aliphatic heterocycles. The van der Waals surface area contributed by atoms with Gasteiger partial charge in [-0.2, -0.15) is 0 Å². The lowest BCUT2D eigenvalue weighted by atomic mass is 10.6. The summed E-state index contributed by atoms with van der Waals surface area (Å²) in [6, 6.07) is 0. The predicted molar refractivity (Wildman–Crippen MR) is 36.4 cm³/mol. The highest BCUT2D eigenvalue weighted by atomic mass is 35.5. The summed E-state index contributed by atoms with van der Waals surface area (Å²) < 4.78 is 0. The number of hydrogen-bond acceptors (Lipinski definition) is 1. The average molecular weight is 135 g/mol. The number of thioether (sulfide) groups is 1. The molecule has 0 radical (unpaired) electrons. The van der Waals surface area contributed by atoms with Crippen LogP contribution in [-0.4, -0.2) is 5.75 Å². The van der Waals surface area contributed by atoms with E-state index >= 15 is 0 Å². The molecule has 0 saturated heterocycles. The maximum absolute atomic E-state index is 5.06. The summed E-state index contributed by atoms with van der Waals surface area (Å²) >= 11 is 6.62. The summed E-state index contributed by atoms with van der Waals surface area (Å²) in [4.78, 5) is 0. The quantitative estimate of drug-likeness (QED) is 0.413. The van der Waals surface area contributed by atoms with Gasteiger partial charge in [-0.15, -0.1) is 0 Å². The van der Waals surface area contributed by atoms with Gasteiger partial charge >= 0.3 is 0 Å². The van der Waals surface area contributed by atoms with E-state index in [1.807, 2.05) is 0 Å². The SMILES string of the molecule is CCCSC#CCl. The fourth-order valence-electron chi connectivity index (χ4n) is 0.180. The lowest BCUT2D eigenvalue weighted by Crippen LogP contribution is -1.65. The van der Waals surface area contributed by atoms with Crippen LogP contribution in [0.4, 0.5) is 0 Å². The van der Waals surface area contributed by atoms with Crippen molar-refractivity contribution in [2.75, 3.05) is 5.75 Å². The summed E-state index contributed by atoms with van der Waals surface area (Å²) in [6.45, 7) is 2.11. The predicted octanol–water partition coefficient (Wildman–Crippen LogP) is 2.29. The third-order valence-corrected chi connectivity index (χ3v) is 1.48. The van der Waals surface area contributed by atoms with Crippen LogP contribution < -0.4 is 0 Å². The Hall–Kier alpha value is 0.200. The first-order valence-electron chi connectivity index (χ1n) is 2.14. The molecule has 0 aromatic rings. The van der Waals surface area contributed by atoms with Crippen molar-refractivity contribution in [3.8, 4) is 10.6 Å². The number of hydrogen-bond donors (Lipinski definition) is 0. The number of halogens is 1. The smallest absolute Gasteiger partial charge is 0.0162 e. The molecular formula is C5H7ClS. The van der Waals surface area contributed by atoms with Crippen molar-refractivity contribution >= 4 is 23.4 Å². The van der Waals surface area contributed by atoms with Gasteiger partial charge in [-0.25, -0.2) is 0 Å². The van der Waals surface area contributed by atoms with Crippen LogP contribution in [0, 0.1) is 10.6 Å². The second-order valence-corrected chi connectivity index (χ2v) is 2.14. The molecule has 0 aromatic carbocycles. The molecule has 0 unspecified atom stereocenters. The molecule has 0 aromatic heterocycles. The van der Waals surface area contributed by atoms with Crippen molar-refractivity contribution in [2.45, 2.75) is 13.3 Å². The van der Waals surface area contributed by atoms with Crippen LogP contribution in [0.2, 0.25) is 0 Å². The van der Waals surface area contributed by atoms with Gasteiger partial charge in [0.25, 0.3) is 0 Å². The van der Waals surface area contributed by atoms with Gasteiger partial charge in [0.15, 0.2) is 0 Å². The molecule has 0 saturated carbocycles. The Morgan fingerprint density at radius 2 is 2.43 bits per heavy atom. The summed E-state index contributed by atoms with van der Waals surface area (Å²) in [5.41, 5.74) is 0. The molecule has 0 heterocycles. The minimum absolute atomic E-state index is 1.08. The molecule has 0 nitrogen and oxygen atoms in total. The second kappa shape index (κ2) is 6.20. The van der Waals surface area contributed by atoms with Gasteiger partial charge in [0.1, 0.15) is 0 Å². The molecule has 0 spiro atoms. The lowest BCUT2D eigenvalue weighted by Gasteiger charge is -1.79. The highest BCUT2D eigenvalue weighted by Crippen LogP contribution is 1.97. The van der Waals surface area contributed by atoms with E-state index in [-0.39, 0.29) is 0 Å². The Morgan fingerprint density at radius 3 is 2.86 bits per heavy atom. The van der Waals surface area contributed by atoms with Crippen molar-refractivity contribution < 1.29 is 0 Å². The molecule has 0 aliphatic carbocycles. The van der Waals surface area contributed by atoms with E-state index in [4.69, 9.17) is 11.6 Å². The fourth-order valence-corrected chi connectivity index (χ4v) is 0.705. The van der Waals surface area contributed by atoms with Crippen LogP contribution in [-0.2, 0) is 0 Å². The standard InChI is InChI=1S/C5H7ClS/c1-2-4-7-5-3-6/h2,4H2,1H3. The van der Waals surface area contributed by atoms with Crippen LogP contribution in [0.3, 0.4) is 0 Å². The van der Waals surface area contributed by atoms with Crippen LogP contribution >= 0.6 is 23.4 Å². The van der Waals surface area contributed by atoms with E-state index in [0.29, 0.717) is 0 Å². The molecule has 40 valence electrons. The van der Waals surface area contributed by atoms with E-state index in [1.54, 1.807) is 11.8 Å². The van der Waals surface area contributed by atoms with Gasteiger partial charge in [0, 0.05) is 11.1 Å². The van der Waals surface area contributed by atoms with Gasteiger partial charge < -0.3 is 0 Å². The second-order valence-electron chi connectivity index (χ2n) is 1.05. The molecule has 0 aliphatic rings. The molecule has 0 amide bonds. The zero-order valence-electron chi connectivity index (χ0n) is 4.20. The van der Waals surface area contributed by atoms with Gasteiger partial charge in [-0.05, 0) is 23.3 Å². The number of rotatable bonds is 2. The van der Waals surface area contributed by atoms with Crippen LogP contribution in [0.25, 0.3) is 0 Å². The topological polar surface area (TPSA) is 0 Å². The molecule has 0 fully saturated rings. The van der Waals surface area contributed by atoms with Crippen molar-refractivity contribution in [2.24, 2.45) is 0 Å². The minimum Gasteiger partial charge on any atom is -0.0738 e. The summed E-state index contributed by atoms with van der Waals surface area (Å²) in [7, 11) is 0. The van der Waals surface area contributed by atoms with Crippen LogP contribution in [0.5, 0.6) is 0 Å². The first-order valence-corrected chi connectivity index (χ1v) is 3.50. The fraction of sp³-hybridized carbons (Fsp3) is 0.600. The molecular weight excluding hydrogens is 128 g/mol. The van der Waals surface area contributed by atoms with Gasteiger partial charge in [0.05, 0.1) is 0 Å². The molecule has 2 heteroatoms. The third-order valence-electron chi connectivity index (χ3n) is 0.417. The van der Waals surface area contributed by atoms with E-state index < -0.39 is 0 Å². The van der Waals surface area contributed by atoms with Crippen LogP contribution in [0.1, 0.15) is 13.3 Å². The first-order chi connectivity index (χ1) is 3.41. The van der Waals surface area contributed by atoms with Gasteiger partial charge in [0.2, 0.25) is 0 Å². The maximum atomic E-state index is 5.06. The summed E-state index contributed by atoms with van der Waals surface area (Å²) in [6.07, 6.45) is 1.16. The first kappa shape index (κ1) is 7.20. The Labute approximate surface area is 53.6 Å². The van der Waals surface area contributed by atoms with Crippen LogP contribution in [0.15, 0.2) is 0 Å². The zero-order valence-corrected chi connectivity index (χ0v) is 5.77. The maximum Gasteiger partial charge on any atom is 0.0162 e. The lowest BCUT2D eigenvalue weighted by molar-refractivity contribution is 1.11. The molecule has 0 bridgehead atoms. The van der Waals surface area contributed by atoms with Crippen molar-refractivity contribution in [1.82, 2.24) is 0 Å².